The lowest BCUT2D eigenvalue weighted by molar-refractivity contribution is 0.0768. The average molecular weight is 195 g/mol. The molecule has 1 aromatic rings. The molecule has 3 heteroatoms. The summed E-state index contributed by atoms with van der Waals surface area (Å²) in [6, 6.07) is 6.06. The molecule has 0 atom stereocenters. The fraction of sp³-hybridized carbons (Fsp3) is 0.364. The predicted molar refractivity (Wildman–Crippen MR) is 53.7 cm³/mol. The Balaban J connectivity index is 2.94. The van der Waals surface area contributed by atoms with Crippen LogP contribution in [0.3, 0.4) is 0 Å². The fourth-order valence-electron chi connectivity index (χ4n) is 1.32. The van der Waals surface area contributed by atoms with E-state index in [4.69, 9.17) is 0 Å². The lowest BCUT2D eigenvalue weighted by Crippen LogP contribution is -2.31. The molecule has 1 amide bonds. The highest BCUT2D eigenvalue weighted by molar-refractivity contribution is 5.94. The maximum atomic E-state index is 13.2. The number of hydrogen-bond donors (Lipinski definition) is 0. The molecule has 76 valence electrons. The van der Waals surface area contributed by atoms with Gasteiger partial charge in [0.15, 0.2) is 0 Å². The molecule has 0 N–H and O–H groups in total. The highest BCUT2D eigenvalue weighted by Crippen LogP contribution is 2.09. The molecule has 0 radical (unpaired) electrons. The van der Waals surface area contributed by atoms with Crippen molar-refractivity contribution in [1.82, 2.24) is 4.90 Å². The summed E-state index contributed by atoms with van der Waals surface area (Å²) in [6.07, 6.45) is 0. The van der Waals surface area contributed by atoms with Gasteiger partial charge in [-0.2, -0.15) is 0 Å². The predicted octanol–water partition coefficient (Wildman–Crippen LogP) is 2.31. The van der Waals surface area contributed by atoms with Crippen molar-refractivity contribution >= 4 is 5.91 Å². The van der Waals surface area contributed by atoms with E-state index in [1.54, 1.807) is 17.0 Å². The van der Waals surface area contributed by atoms with Crippen LogP contribution in [-0.4, -0.2) is 23.9 Å². The normalized spacial score (nSPS) is 9.93. The van der Waals surface area contributed by atoms with E-state index in [2.05, 4.69) is 0 Å². The van der Waals surface area contributed by atoms with Gasteiger partial charge in [0.05, 0.1) is 5.56 Å². The molecule has 0 saturated heterocycles. The van der Waals surface area contributed by atoms with Crippen LogP contribution in [0.25, 0.3) is 0 Å². The molecule has 0 saturated carbocycles. The first kappa shape index (κ1) is 10.7. The lowest BCUT2D eigenvalue weighted by atomic mass is 10.2. The second kappa shape index (κ2) is 4.74. The molecule has 0 spiro atoms. The number of hydrogen-bond acceptors (Lipinski definition) is 1. The molecule has 0 aliphatic heterocycles. The van der Waals surface area contributed by atoms with E-state index in [-0.39, 0.29) is 11.5 Å². The zero-order valence-electron chi connectivity index (χ0n) is 8.46. The standard InChI is InChI=1S/C11H14FNO/c1-3-13(4-2)11(14)9-7-5-6-8-10(9)12/h5-8H,3-4H2,1-2H3. The smallest absolute Gasteiger partial charge is 0.256 e. The van der Waals surface area contributed by atoms with Gasteiger partial charge < -0.3 is 4.90 Å². The summed E-state index contributed by atoms with van der Waals surface area (Å²) < 4.78 is 13.2. The van der Waals surface area contributed by atoms with Crippen LogP contribution in [0.1, 0.15) is 24.2 Å². The largest absolute Gasteiger partial charge is 0.339 e. The summed E-state index contributed by atoms with van der Waals surface area (Å²) in [5.74, 6) is -0.697. The van der Waals surface area contributed by atoms with Gasteiger partial charge in [0.2, 0.25) is 0 Å². The summed E-state index contributed by atoms with van der Waals surface area (Å²) >= 11 is 0. The molecular formula is C11H14FNO. The number of rotatable bonds is 3. The van der Waals surface area contributed by atoms with Gasteiger partial charge in [-0.05, 0) is 26.0 Å². The van der Waals surface area contributed by atoms with Crippen molar-refractivity contribution in [3.05, 3.63) is 35.6 Å². The van der Waals surface area contributed by atoms with Crippen LogP contribution in [0.4, 0.5) is 4.39 Å². The maximum absolute atomic E-state index is 13.2. The van der Waals surface area contributed by atoms with E-state index >= 15 is 0 Å². The Hall–Kier alpha value is -1.38. The number of amides is 1. The first-order chi connectivity index (χ1) is 6.70. The van der Waals surface area contributed by atoms with E-state index in [1.807, 2.05) is 13.8 Å². The highest BCUT2D eigenvalue weighted by atomic mass is 19.1. The monoisotopic (exact) mass is 195 g/mol. The number of benzene rings is 1. The molecule has 1 aromatic carbocycles. The van der Waals surface area contributed by atoms with Gasteiger partial charge in [-0.15, -0.1) is 0 Å². The maximum Gasteiger partial charge on any atom is 0.256 e. The second-order valence-corrected chi connectivity index (χ2v) is 2.96. The van der Waals surface area contributed by atoms with Gasteiger partial charge in [0.25, 0.3) is 5.91 Å². The summed E-state index contributed by atoms with van der Waals surface area (Å²) in [6.45, 7) is 4.96. The Kier molecular flexibility index (Phi) is 3.63. The van der Waals surface area contributed by atoms with Crippen LogP contribution >= 0.6 is 0 Å². The SMILES string of the molecule is CCN(CC)C(=O)c1ccccc1F. The molecule has 0 unspecified atom stereocenters. The third kappa shape index (κ3) is 2.10. The second-order valence-electron chi connectivity index (χ2n) is 2.96. The minimum absolute atomic E-state index is 0.149. The minimum atomic E-state index is -0.454. The fourth-order valence-corrected chi connectivity index (χ4v) is 1.32. The number of halogens is 1. The van der Waals surface area contributed by atoms with Crippen molar-refractivity contribution in [2.45, 2.75) is 13.8 Å². The van der Waals surface area contributed by atoms with E-state index < -0.39 is 5.82 Å². The number of carbonyl (C=O) groups excluding carboxylic acids is 1. The first-order valence-electron chi connectivity index (χ1n) is 4.74. The molecule has 2 nitrogen and oxygen atoms in total. The van der Waals surface area contributed by atoms with Crippen LogP contribution in [0.5, 0.6) is 0 Å². The van der Waals surface area contributed by atoms with Gasteiger partial charge in [-0.1, -0.05) is 12.1 Å². The van der Waals surface area contributed by atoms with Crippen molar-refractivity contribution in [3.8, 4) is 0 Å². The van der Waals surface area contributed by atoms with Crippen LogP contribution in [0.15, 0.2) is 24.3 Å². The van der Waals surface area contributed by atoms with Crippen LogP contribution in [0, 0.1) is 5.82 Å². The Morgan fingerprint density at radius 2 is 1.86 bits per heavy atom. The van der Waals surface area contributed by atoms with Gasteiger partial charge >= 0.3 is 0 Å². The topological polar surface area (TPSA) is 20.3 Å². The van der Waals surface area contributed by atoms with Gasteiger partial charge in [-0.3, -0.25) is 4.79 Å². The van der Waals surface area contributed by atoms with Crippen molar-refractivity contribution in [2.75, 3.05) is 13.1 Å². The van der Waals surface area contributed by atoms with E-state index in [0.717, 1.165) is 0 Å². The van der Waals surface area contributed by atoms with Crippen molar-refractivity contribution in [2.24, 2.45) is 0 Å². The van der Waals surface area contributed by atoms with Crippen LogP contribution in [0.2, 0.25) is 0 Å². The Morgan fingerprint density at radius 3 is 2.36 bits per heavy atom. The zero-order chi connectivity index (χ0) is 10.6. The molecule has 14 heavy (non-hydrogen) atoms. The molecular weight excluding hydrogens is 181 g/mol. The molecule has 0 bridgehead atoms. The number of nitrogens with zero attached hydrogens (tertiary/aromatic N) is 1. The first-order valence-corrected chi connectivity index (χ1v) is 4.74. The van der Waals surface area contributed by atoms with Crippen LogP contribution < -0.4 is 0 Å². The Bertz CT molecular complexity index is 321. The van der Waals surface area contributed by atoms with Crippen LogP contribution in [-0.2, 0) is 0 Å². The molecule has 0 heterocycles. The van der Waals surface area contributed by atoms with Crippen molar-refractivity contribution in [3.63, 3.8) is 0 Å². The summed E-state index contributed by atoms with van der Waals surface area (Å²) in [5, 5.41) is 0. The average Bonchev–Trinajstić information content (AvgIpc) is 2.20. The van der Waals surface area contributed by atoms with Crippen molar-refractivity contribution < 1.29 is 9.18 Å². The summed E-state index contributed by atoms with van der Waals surface area (Å²) in [5.41, 5.74) is 0.149. The molecule has 0 aliphatic carbocycles. The number of carbonyl (C=O) groups is 1. The summed E-state index contributed by atoms with van der Waals surface area (Å²) in [4.78, 5) is 13.3. The third-order valence-corrected chi connectivity index (χ3v) is 2.15. The third-order valence-electron chi connectivity index (χ3n) is 2.15. The van der Waals surface area contributed by atoms with Gasteiger partial charge in [-0.25, -0.2) is 4.39 Å². The molecule has 0 fully saturated rings. The zero-order valence-corrected chi connectivity index (χ0v) is 8.46. The quantitative estimate of drug-likeness (QED) is 0.724. The van der Waals surface area contributed by atoms with E-state index in [9.17, 15) is 9.18 Å². The van der Waals surface area contributed by atoms with Gasteiger partial charge in [0, 0.05) is 13.1 Å². The van der Waals surface area contributed by atoms with E-state index in [0.29, 0.717) is 13.1 Å². The highest BCUT2D eigenvalue weighted by Gasteiger charge is 2.15. The minimum Gasteiger partial charge on any atom is -0.339 e. The molecule has 1 rings (SSSR count). The Morgan fingerprint density at radius 1 is 1.29 bits per heavy atom. The molecule has 0 aromatic heterocycles. The van der Waals surface area contributed by atoms with Gasteiger partial charge in [0.1, 0.15) is 5.82 Å². The Labute approximate surface area is 83.3 Å². The molecule has 0 aliphatic rings. The van der Waals surface area contributed by atoms with E-state index in [1.165, 1.54) is 12.1 Å². The lowest BCUT2D eigenvalue weighted by Gasteiger charge is -2.18. The van der Waals surface area contributed by atoms with Crippen molar-refractivity contribution in [1.29, 1.82) is 0 Å². The summed E-state index contributed by atoms with van der Waals surface area (Å²) in [7, 11) is 0.